The SMILES string of the molecule is CCN1CCCC1CNC(=O)c1cc(N)nc(C(C)C)c1. The molecule has 1 unspecified atom stereocenters. The highest BCUT2D eigenvalue weighted by Crippen LogP contribution is 2.17. The second kappa shape index (κ2) is 6.89. The van der Waals surface area contributed by atoms with Crippen molar-refractivity contribution < 1.29 is 4.79 Å². The third kappa shape index (κ3) is 3.94. The third-order valence-electron chi connectivity index (χ3n) is 4.12. The first-order valence-electron chi connectivity index (χ1n) is 7.81. The molecule has 0 aliphatic carbocycles. The Bertz CT molecular complexity index is 501. The molecule has 0 saturated carbocycles. The highest BCUT2D eigenvalue weighted by atomic mass is 16.1. The smallest absolute Gasteiger partial charge is 0.251 e. The number of anilines is 1. The number of likely N-dealkylation sites (tertiary alicyclic amines) is 1. The summed E-state index contributed by atoms with van der Waals surface area (Å²) in [5.74, 6) is 0.599. The van der Waals surface area contributed by atoms with Gasteiger partial charge in [0.1, 0.15) is 5.82 Å². The molecule has 0 spiro atoms. The largest absolute Gasteiger partial charge is 0.384 e. The molecule has 1 aromatic heterocycles. The lowest BCUT2D eigenvalue weighted by Crippen LogP contribution is -2.40. The molecule has 1 atom stereocenters. The van der Waals surface area contributed by atoms with Gasteiger partial charge in [-0.3, -0.25) is 9.69 Å². The molecule has 0 aromatic carbocycles. The van der Waals surface area contributed by atoms with Crippen molar-refractivity contribution in [3.8, 4) is 0 Å². The third-order valence-corrected chi connectivity index (χ3v) is 4.12. The van der Waals surface area contributed by atoms with E-state index >= 15 is 0 Å². The Labute approximate surface area is 126 Å². The molecule has 1 amide bonds. The van der Waals surface area contributed by atoms with Gasteiger partial charge in [0.15, 0.2) is 0 Å². The average molecular weight is 290 g/mol. The Balaban J connectivity index is 2.00. The Kier molecular flexibility index (Phi) is 5.17. The quantitative estimate of drug-likeness (QED) is 0.870. The molecule has 1 fully saturated rings. The number of carbonyl (C=O) groups is 1. The maximum absolute atomic E-state index is 12.3. The van der Waals surface area contributed by atoms with Gasteiger partial charge >= 0.3 is 0 Å². The van der Waals surface area contributed by atoms with Crippen molar-refractivity contribution in [2.45, 2.75) is 45.6 Å². The Morgan fingerprint density at radius 2 is 2.29 bits per heavy atom. The predicted octanol–water partition coefficient (Wildman–Crippen LogP) is 2.00. The van der Waals surface area contributed by atoms with Crippen LogP contribution in [0.4, 0.5) is 5.82 Å². The van der Waals surface area contributed by atoms with E-state index in [2.05, 4.69) is 22.1 Å². The van der Waals surface area contributed by atoms with Crippen LogP contribution < -0.4 is 11.1 Å². The number of aromatic nitrogens is 1. The fraction of sp³-hybridized carbons (Fsp3) is 0.625. The van der Waals surface area contributed by atoms with Crippen LogP contribution in [0.3, 0.4) is 0 Å². The van der Waals surface area contributed by atoms with E-state index in [1.807, 2.05) is 19.9 Å². The minimum Gasteiger partial charge on any atom is -0.384 e. The van der Waals surface area contributed by atoms with Crippen LogP contribution in [-0.2, 0) is 0 Å². The topological polar surface area (TPSA) is 71.2 Å². The molecular weight excluding hydrogens is 264 g/mol. The molecule has 2 rings (SSSR count). The van der Waals surface area contributed by atoms with E-state index < -0.39 is 0 Å². The number of rotatable bonds is 5. The predicted molar refractivity (Wildman–Crippen MR) is 85.3 cm³/mol. The zero-order chi connectivity index (χ0) is 15.4. The summed E-state index contributed by atoms with van der Waals surface area (Å²) in [6.45, 7) is 9.13. The zero-order valence-electron chi connectivity index (χ0n) is 13.2. The van der Waals surface area contributed by atoms with E-state index in [9.17, 15) is 4.79 Å². The summed E-state index contributed by atoms with van der Waals surface area (Å²) in [4.78, 5) is 19.0. The number of carbonyl (C=O) groups excluding carboxylic acids is 1. The molecule has 3 N–H and O–H groups in total. The molecular formula is C16H26N4O. The second-order valence-electron chi connectivity index (χ2n) is 5.99. The van der Waals surface area contributed by atoms with Crippen molar-refractivity contribution >= 4 is 11.7 Å². The van der Waals surface area contributed by atoms with Crippen LogP contribution in [0.15, 0.2) is 12.1 Å². The van der Waals surface area contributed by atoms with Gasteiger partial charge in [-0.15, -0.1) is 0 Å². The summed E-state index contributed by atoms with van der Waals surface area (Å²) in [7, 11) is 0. The molecule has 0 bridgehead atoms. The molecule has 5 nitrogen and oxygen atoms in total. The molecule has 21 heavy (non-hydrogen) atoms. The number of nitrogens with two attached hydrogens (primary N) is 1. The molecule has 1 aromatic rings. The maximum Gasteiger partial charge on any atom is 0.251 e. The van der Waals surface area contributed by atoms with Gasteiger partial charge in [-0.1, -0.05) is 20.8 Å². The Hall–Kier alpha value is -1.62. The van der Waals surface area contributed by atoms with Gasteiger partial charge in [0.25, 0.3) is 5.91 Å². The van der Waals surface area contributed by atoms with Crippen LogP contribution >= 0.6 is 0 Å². The number of nitrogen functional groups attached to an aromatic ring is 1. The van der Waals surface area contributed by atoms with Crippen molar-refractivity contribution in [3.05, 3.63) is 23.4 Å². The van der Waals surface area contributed by atoms with Gasteiger partial charge < -0.3 is 11.1 Å². The lowest BCUT2D eigenvalue weighted by atomic mass is 10.1. The van der Waals surface area contributed by atoms with Crippen LogP contribution in [0.5, 0.6) is 0 Å². The zero-order valence-corrected chi connectivity index (χ0v) is 13.2. The number of pyridine rings is 1. The minimum atomic E-state index is -0.0612. The number of likely N-dealkylation sites (N-methyl/N-ethyl adjacent to an activating group) is 1. The molecule has 116 valence electrons. The van der Waals surface area contributed by atoms with Crippen molar-refractivity contribution in [2.75, 3.05) is 25.4 Å². The van der Waals surface area contributed by atoms with Gasteiger partial charge in [0.05, 0.1) is 0 Å². The van der Waals surface area contributed by atoms with Crippen molar-refractivity contribution in [3.63, 3.8) is 0 Å². The molecule has 1 aliphatic rings. The normalized spacial score (nSPS) is 19.1. The van der Waals surface area contributed by atoms with Crippen LogP contribution in [0.1, 0.15) is 55.6 Å². The summed E-state index contributed by atoms with van der Waals surface area (Å²) < 4.78 is 0. The number of nitrogens with one attached hydrogen (secondary N) is 1. The lowest BCUT2D eigenvalue weighted by Gasteiger charge is -2.23. The highest BCUT2D eigenvalue weighted by molar-refractivity contribution is 5.94. The maximum atomic E-state index is 12.3. The van der Waals surface area contributed by atoms with E-state index in [1.165, 1.54) is 6.42 Å². The first-order chi connectivity index (χ1) is 10.0. The van der Waals surface area contributed by atoms with Gasteiger partial charge in [-0.2, -0.15) is 0 Å². The van der Waals surface area contributed by atoms with Crippen molar-refractivity contribution in [2.24, 2.45) is 0 Å². The fourth-order valence-corrected chi connectivity index (χ4v) is 2.86. The first kappa shape index (κ1) is 15.8. The summed E-state index contributed by atoms with van der Waals surface area (Å²) >= 11 is 0. The van der Waals surface area contributed by atoms with E-state index in [4.69, 9.17) is 5.73 Å². The molecule has 1 aliphatic heterocycles. The van der Waals surface area contributed by atoms with Gasteiger partial charge in [-0.25, -0.2) is 4.98 Å². The number of hydrogen-bond acceptors (Lipinski definition) is 4. The summed E-state index contributed by atoms with van der Waals surface area (Å²) in [5.41, 5.74) is 7.26. The van der Waals surface area contributed by atoms with Crippen LogP contribution in [0.2, 0.25) is 0 Å². The van der Waals surface area contributed by atoms with Crippen LogP contribution in [0.25, 0.3) is 0 Å². The first-order valence-corrected chi connectivity index (χ1v) is 7.81. The van der Waals surface area contributed by atoms with Gasteiger partial charge in [0, 0.05) is 23.8 Å². The van der Waals surface area contributed by atoms with Crippen molar-refractivity contribution in [1.82, 2.24) is 15.2 Å². The fourth-order valence-electron chi connectivity index (χ4n) is 2.86. The molecule has 1 saturated heterocycles. The van der Waals surface area contributed by atoms with E-state index in [0.29, 0.717) is 24.0 Å². The monoisotopic (exact) mass is 290 g/mol. The summed E-state index contributed by atoms with van der Waals surface area (Å²) in [5, 5.41) is 3.03. The number of hydrogen-bond donors (Lipinski definition) is 2. The van der Waals surface area contributed by atoms with Gasteiger partial charge in [0.2, 0.25) is 0 Å². The van der Waals surface area contributed by atoms with Gasteiger partial charge in [-0.05, 0) is 44.0 Å². The minimum absolute atomic E-state index is 0.0612. The van der Waals surface area contributed by atoms with E-state index in [-0.39, 0.29) is 11.8 Å². The number of amides is 1. The standard InChI is InChI=1S/C16H26N4O/c1-4-20-7-5-6-13(20)10-18-16(21)12-8-14(11(2)3)19-15(17)9-12/h8-9,11,13H,4-7,10H2,1-3H3,(H2,17,19)(H,18,21). The summed E-state index contributed by atoms with van der Waals surface area (Å²) in [6.07, 6.45) is 2.37. The Morgan fingerprint density at radius 3 is 2.95 bits per heavy atom. The van der Waals surface area contributed by atoms with Crippen LogP contribution in [0, 0.1) is 0 Å². The molecule has 0 radical (unpaired) electrons. The molecule has 2 heterocycles. The number of nitrogens with zero attached hydrogens (tertiary/aromatic N) is 2. The second-order valence-corrected chi connectivity index (χ2v) is 5.99. The van der Waals surface area contributed by atoms with E-state index in [1.54, 1.807) is 6.07 Å². The Morgan fingerprint density at radius 1 is 1.52 bits per heavy atom. The average Bonchev–Trinajstić information content (AvgIpc) is 2.91. The van der Waals surface area contributed by atoms with E-state index in [0.717, 1.165) is 25.2 Å². The molecule has 5 heteroatoms. The van der Waals surface area contributed by atoms with Crippen molar-refractivity contribution in [1.29, 1.82) is 0 Å². The van der Waals surface area contributed by atoms with Crippen LogP contribution in [-0.4, -0.2) is 41.5 Å². The summed E-state index contributed by atoms with van der Waals surface area (Å²) in [6, 6.07) is 3.94. The lowest BCUT2D eigenvalue weighted by molar-refractivity contribution is 0.0941. The highest BCUT2D eigenvalue weighted by Gasteiger charge is 2.23.